The van der Waals surface area contributed by atoms with Crippen LogP contribution in [-0.2, 0) is 4.74 Å². The molecule has 154 valence electrons. The van der Waals surface area contributed by atoms with Gasteiger partial charge in [-0.15, -0.1) is 0 Å². The van der Waals surface area contributed by atoms with Gasteiger partial charge in [0.1, 0.15) is 17.7 Å². The van der Waals surface area contributed by atoms with E-state index in [1.54, 1.807) is 30.5 Å². The molecule has 0 radical (unpaired) electrons. The van der Waals surface area contributed by atoms with Crippen LogP contribution in [0, 0.1) is 11.8 Å². The van der Waals surface area contributed by atoms with Crippen LogP contribution in [0.2, 0.25) is 0 Å². The van der Waals surface area contributed by atoms with Crippen molar-refractivity contribution in [3.8, 4) is 5.75 Å². The minimum Gasteiger partial charge on any atom is -0.488 e. The average molecular weight is 416 g/mol. The third-order valence-electron chi connectivity index (χ3n) is 5.75. The van der Waals surface area contributed by atoms with Gasteiger partial charge in [0, 0.05) is 19.3 Å². The Kier molecular flexibility index (Phi) is 5.91. The molecule has 1 saturated carbocycles. The number of esters is 1. The maximum absolute atomic E-state index is 11.7. The number of carbonyl (C=O) groups excluding carboxylic acids is 1. The van der Waals surface area contributed by atoms with Crippen LogP contribution in [-0.4, -0.2) is 59.7 Å². The first kappa shape index (κ1) is 20.0. The summed E-state index contributed by atoms with van der Waals surface area (Å²) in [6, 6.07) is 8.86. The lowest BCUT2D eigenvalue weighted by Crippen LogP contribution is -2.42. The molecule has 2 heterocycles. The summed E-state index contributed by atoms with van der Waals surface area (Å²) in [6.45, 7) is 1.78. The van der Waals surface area contributed by atoms with Crippen molar-refractivity contribution in [1.82, 2.24) is 9.97 Å². The molecule has 1 N–H and O–H groups in total. The van der Waals surface area contributed by atoms with E-state index in [2.05, 4.69) is 14.9 Å². The quantitative estimate of drug-likeness (QED) is 0.453. The first-order valence-electron chi connectivity index (χ1n) is 9.72. The molecule has 1 aliphatic carbocycles. The maximum Gasteiger partial charge on any atom is 0.337 e. The number of anilines is 1. The second-order valence-electron chi connectivity index (χ2n) is 7.54. The van der Waals surface area contributed by atoms with E-state index >= 15 is 0 Å². The Hall–Kier alpha value is -2.32. The molecule has 2 fully saturated rings. The van der Waals surface area contributed by atoms with E-state index in [1.807, 2.05) is 12.3 Å². The topological polar surface area (TPSA) is 84.8 Å². The fraction of sp³-hybridized carbons (Fsp3) is 0.476. The van der Waals surface area contributed by atoms with Crippen molar-refractivity contribution in [2.45, 2.75) is 30.2 Å². The predicted octanol–water partition coefficient (Wildman–Crippen LogP) is 2.64. The molecule has 8 heteroatoms. The fourth-order valence-corrected chi connectivity index (χ4v) is 4.65. The van der Waals surface area contributed by atoms with E-state index in [1.165, 1.54) is 18.9 Å². The Morgan fingerprint density at radius 3 is 2.79 bits per heavy atom. The standard InChI is InChI=1S/C21H25N3O4S/c1-27-20(26)13-4-3-5-16(8-13)28-18-10-15-12-24(11-14(15)9-17(18)25)19-6-7-22-21(23-19)29-2/h3-8,14-15,17-18,25H,9-12H2,1-2H3/t14-,15+,17+,18+/m0/s1. The van der Waals surface area contributed by atoms with Gasteiger partial charge >= 0.3 is 5.97 Å². The van der Waals surface area contributed by atoms with E-state index in [4.69, 9.17) is 9.47 Å². The third kappa shape index (κ3) is 4.33. The molecule has 4 rings (SSSR count). The Morgan fingerprint density at radius 1 is 1.24 bits per heavy atom. The van der Waals surface area contributed by atoms with Crippen molar-refractivity contribution in [2.75, 3.05) is 31.4 Å². The SMILES string of the molecule is COC(=O)c1cccc(O[C@@H]2C[C@@H]3CN(c4ccnc(SC)n4)C[C@@H]3C[C@H]2O)c1. The van der Waals surface area contributed by atoms with Gasteiger partial charge in [-0.05, 0) is 55.2 Å². The number of fused-ring (bicyclic) bond motifs is 1. The minimum atomic E-state index is -0.537. The van der Waals surface area contributed by atoms with Crippen LogP contribution in [0.1, 0.15) is 23.2 Å². The molecule has 29 heavy (non-hydrogen) atoms. The Balaban J connectivity index is 1.43. The number of aliphatic hydroxyl groups is 1. The maximum atomic E-state index is 11.7. The molecule has 0 amide bonds. The summed E-state index contributed by atoms with van der Waals surface area (Å²) in [5.41, 5.74) is 0.438. The normalized spacial score (nSPS) is 26.1. The molecule has 1 aliphatic heterocycles. The smallest absolute Gasteiger partial charge is 0.337 e. The first-order chi connectivity index (χ1) is 14.1. The lowest BCUT2D eigenvalue weighted by Gasteiger charge is -2.35. The number of rotatable bonds is 5. The van der Waals surface area contributed by atoms with Crippen LogP contribution in [0.25, 0.3) is 0 Å². The second-order valence-corrected chi connectivity index (χ2v) is 8.31. The molecular weight excluding hydrogens is 390 g/mol. The molecule has 4 atom stereocenters. The third-order valence-corrected chi connectivity index (χ3v) is 6.31. The van der Waals surface area contributed by atoms with Gasteiger partial charge < -0.3 is 19.5 Å². The van der Waals surface area contributed by atoms with Gasteiger partial charge in [0.2, 0.25) is 0 Å². The number of nitrogens with zero attached hydrogens (tertiary/aromatic N) is 3. The molecule has 7 nitrogen and oxygen atoms in total. The molecule has 1 aromatic heterocycles. The monoisotopic (exact) mass is 415 g/mol. The van der Waals surface area contributed by atoms with Crippen molar-refractivity contribution >= 4 is 23.5 Å². The Morgan fingerprint density at radius 2 is 2.03 bits per heavy atom. The number of hydrogen-bond acceptors (Lipinski definition) is 8. The summed E-state index contributed by atoms with van der Waals surface area (Å²) in [5, 5.41) is 11.4. The van der Waals surface area contributed by atoms with Crippen molar-refractivity contribution in [2.24, 2.45) is 11.8 Å². The number of methoxy groups -OCH3 is 1. The highest BCUT2D eigenvalue weighted by Gasteiger charge is 2.43. The van der Waals surface area contributed by atoms with E-state index < -0.39 is 12.1 Å². The van der Waals surface area contributed by atoms with Crippen LogP contribution in [0.5, 0.6) is 5.75 Å². The van der Waals surface area contributed by atoms with E-state index in [9.17, 15) is 9.90 Å². The van der Waals surface area contributed by atoms with E-state index in [-0.39, 0.29) is 6.10 Å². The molecule has 2 aromatic rings. The van der Waals surface area contributed by atoms with Crippen LogP contribution < -0.4 is 9.64 Å². The van der Waals surface area contributed by atoms with E-state index in [0.29, 0.717) is 29.6 Å². The highest BCUT2D eigenvalue weighted by molar-refractivity contribution is 7.98. The fourth-order valence-electron chi connectivity index (χ4n) is 4.30. The van der Waals surface area contributed by atoms with Gasteiger partial charge in [-0.25, -0.2) is 14.8 Å². The Bertz CT molecular complexity index is 881. The summed E-state index contributed by atoms with van der Waals surface area (Å²) in [5.74, 6) is 1.96. The van der Waals surface area contributed by atoms with E-state index in [0.717, 1.165) is 30.5 Å². The zero-order valence-electron chi connectivity index (χ0n) is 16.5. The molecule has 1 aromatic carbocycles. The van der Waals surface area contributed by atoms with Gasteiger partial charge in [0.05, 0.1) is 18.8 Å². The van der Waals surface area contributed by atoms with Crippen molar-refractivity contribution in [3.05, 3.63) is 42.1 Å². The number of ether oxygens (including phenoxy) is 2. The van der Waals surface area contributed by atoms with Crippen LogP contribution in [0.15, 0.2) is 41.7 Å². The van der Waals surface area contributed by atoms with Gasteiger partial charge in [-0.2, -0.15) is 0 Å². The van der Waals surface area contributed by atoms with Crippen molar-refractivity contribution in [1.29, 1.82) is 0 Å². The minimum absolute atomic E-state index is 0.295. The molecule has 0 unspecified atom stereocenters. The van der Waals surface area contributed by atoms with Crippen LogP contribution in [0.4, 0.5) is 5.82 Å². The summed E-state index contributed by atoms with van der Waals surface area (Å²) in [7, 11) is 1.35. The molecule has 1 saturated heterocycles. The van der Waals surface area contributed by atoms with Crippen molar-refractivity contribution < 1.29 is 19.4 Å². The summed E-state index contributed by atoms with van der Waals surface area (Å²) in [6.07, 6.45) is 4.40. The van der Waals surface area contributed by atoms with Crippen molar-refractivity contribution in [3.63, 3.8) is 0 Å². The zero-order valence-corrected chi connectivity index (χ0v) is 17.3. The van der Waals surface area contributed by atoms with Crippen LogP contribution in [0.3, 0.4) is 0 Å². The lowest BCUT2D eigenvalue weighted by molar-refractivity contribution is -0.0231. The number of aliphatic hydroxyl groups excluding tert-OH is 1. The zero-order chi connectivity index (χ0) is 20.4. The molecular formula is C21H25N3O4S. The van der Waals surface area contributed by atoms with Gasteiger partial charge in [-0.3, -0.25) is 0 Å². The first-order valence-corrected chi connectivity index (χ1v) is 10.9. The molecule has 2 aliphatic rings. The van der Waals surface area contributed by atoms with Gasteiger partial charge in [0.25, 0.3) is 0 Å². The van der Waals surface area contributed by atoms with Crippen LogP contribution >= 0.6 is 11.8 Å². The van der Waals surface area contributed by atoms with Gasteiger partial charge in [0.15, 0.2) is 5.16 Å². The molecule has 0 spiro atoms. The number of carbonyl (C=O) groups is 1. The van der Waals surface area contributed by atoms with Gasteiger partial charge in [-0.1, -0.05) is 17.8 Å². The number of hydrogen-bond donors (Lipinski definition) is 1. The summed E-state index contributed by atoms with van der Waals surface area (Å²) in [4.78, 5) is 22.9. The number of thioether (sulfide) groups is 1. The predicted molar refractivity (Wildman–Crippen MR) is 110 cm³/mol. The number of aromatic nitrogens is 2. The highest BCUT2D eigenvalue weighted by atomic mass is 32.2. The second kappa shape index (κ2) is 8.59. The molecule has 0 bridgehead atoms. The Labute approximate surface area is 174 Å². The largest absolute Gasteiger partial charge is 0.488 e. The number of benzene rings is 1. The highest BCUT2D eigenvalue weighted by Crippen LogP contribution is 2.39. The lowest BCUT2D eigenvalue weighted by atomic mass is 9.78. The average Bonchev–Trinajstić information content (AvgIpc) is 3.16. The summed E-state index contributed by atoms with van der Waals surface area (Å²) < 4.78 is 10.9. The summed E-state index contributed by atoms with van der Waals surface area (Å²) >= 11 is 1.53.